The first-order valence-electron chi connectivity index (χ1n) is 9.04. The van der Waals surface area contributed by atoms with Crippen molar-refractivity contribution in [3.63, 3.8) is 0 Å². The molecular formula is C16H36Br2N2S2. The highest BCUT2D eigenvalue weighted by atomic mass is 79.9. The zero-order valence-electron chi connectivity index (χ0n) is 16.5. The van der Waals surface area contributed by atoms with E-state index in [0.717, 1.165) is 28.3 Å². The number of hydrogen-bond acceptors (Lipinski definition) is 2. The molecule has 0 aromatic rings. The van der Waals surface area contributed by atoms with Gasteiger partial charge < -0.3 is 42.9 Å². The summed E-state index contributed by atoms with van der Waals surface area (Å²) in [6, 6.07) is 0. The van der Waals surface area contributed by atoms with Gasteiger partial charge in [-0.15, -0.1) is 0 Å². The second-order valence-electron chi connectivity index (χ2n) is 7.60. The van der Waals surface area contributed by atoms with E-state index in [9.17, 15) is 0 Å². The van der Waals surface area contributed by atoms with E-state index in [1.54, 1.807) is 0 Å². The van der Waals surface area contributed by atoms with Gasteiger partial charge in [-0.05, 0) is 36.7 Å². The summed E-state index contributed by atoms with van der Waals surface area (Å²) < 4.78 is 16.3. The third kappa shape index (κ3) is 10.4. The Hall–Kier alpha value is 1.58. The van der Waals surface area contributed by atoms with Gasteiger partial charge in [-0.1, -0.05) is 0 Å². The van der Waals surface area contributed by atoms with Crippen molar-refractivity contribution in [2.24, 2.45) is 5.92 Å². The van der Waals surface area contributed by atoms with Gasteiger partial charge in [-0.25, -0.2) is 0 Å². The Bertz CT molecular complexity index is 287. The summed E-state index contributed by atoms with van der Waals surface area (Å²) in [6.07, 6.45) is 6.84. The van der Waals surface area contributed by atoms with Gasteiger partial charge in [-0.3, -0.25) is 0 Å². The summed E-state index contributed by atoms with van der Waals surface area (Å²) >= 11 is 2.43. The molecule has 3 heterocycles. The van der Waals surface area contributed by atoms with Crippen molar-refractivity contribution >= 4 is 25.1 Å². The highest BCUT2D eigenvalue weighted by Gasteiger charge is 2.38. The molecule has 0 N–H and O–H groups in total. The van der Waals surface area contributed by atoms with E-state index in [0.29, 0.717) is 0 Å². The van der Waals surface area contributed by atoms with Crippen LogP contribution in [0.25, 0.3) is 0 Å². The number of quaternary nitrogens is 2. The van der Waals surface area contributed by atoms with Crippen molar-refractivity contribution in [2.75, 3.05) is 65.4 Å². The lowest BCUT2D eigenvalue weighted by Crippen LogP contribution is -3.00. The maximum Gasteiger partial charge on any atom is 0.102 e. The predicted molar refractivity (Wildman–Crippen MR) is 96.9 cm³/mol. The Morgan fingerprint density at radius 1 is 0.955 bits per heavy atom. The number of rotatable bonds is 8. The van der Waals surface area contributed by atoms with Gasteiger partial charge >= 0.3 is 0 Å². The predicted octanol–water partition coefficient (Wildman–Crippen LogP) is -3.04. The number of halogens is 2. The molecule has 0 saturated carbocycles. The van der Waals surface area contributed by atoms with Gasteiger partial charge in [0, 0.05) is 12.8 Å². The van der Waals surface area contributed by atoms with Crippen LogP contribution < -0.4 is 34.0 Å². The fourth-order valence-electron chi connectivity index (χ4n) is 3.41. The molecule has 0 unspecified atom stereocenters. The first-order valence-corrected chi connectivity index (χ1v) is 9.38. The molecule has 0 aliphatic carbocycles. The first-order chi connectivity index (χ1) is 10.4. The van der Waals surface area contributed by atoms with E-state index in [-0.39, 0.29) is 34.0 Å². The summed E-state index contributed by atoms with van der Waals surface area (Å²) in [7, 11) is 6.53. The van der Waals surface area contributed by atoms with Crippen LogP contribution in [-0.4, -0.2) is 76.6 Å². The maximum atomic E-state index is 7.06. The molecule has 0 radical (unpaired) electrons. The van der Waals surface area contributed by atoms with Crippen LogP contribution in [0.3, 0.4) is 0 Å². The summed E-state index contributed by atoms with van der Waals surface area (Å²) in [5.41, 5.74) is 0. The molecule has 3 aliphatic rings. The van der Waals surface area contributed by atoms with Gasteiger partial charge in [0.1, 0.15) is 2.25 Å². The molecule has 0 atom stereocenters. The Morgan fingerprint density at radius 2 is 1.45 bits per heavy atom. The molecule has 3 fully saturated rings. The van der Waals surface area contributed by atoms with Crippen molar-refractivity contribution < 1.29 is 42.9 Å². The molecule has 3 rings (SSSR count). The SMILES string of the molecule is [3H]SCCC[N+](C)(C)C.[3H]SCCC[N+]12CCC(CC1)CC2.[Br-].[Br-]. The molecule has 6 heteroatoms. The standard InChI is InChI=1S/C10H19NS.C6H15NS.2BrH/c12-9-1-5-11-6-2-10(3-7-11)4-8-11;1-7(2,3)5-4-6-8;;/h10H,1-9H2;4-6H2,1-3H3;2*1H/i/hT2. The molecule has 0 spiro atoms. The second-order valence-corrected chi connectivity index (χ2v) is 8.41. The monoisotopic (exact) mass is 482 g/mol. The molecule has 0 aromatic carbocycles. The lowest BCUT2D eigenvalue weighted by Gasteiger charge is -2.49. The molecule has 2 nitrogen and oxygen atoms in total. The molecule has 2 bridgehead atoms. The average molecular weight is 484 g/mol. The molecule has 136 valence electrons. The minimum absolute atomic E-state index is 0. The minimum Gasteiger partial charge on any atom is -1.00 e. The summed E-state index contributed by atoms with van der Waals surface area (Å²) in [6.45, 7) is 6.83. The third-order valence-corrected chi connectivity index (χ3v) is 5.36. The van der Waals surface area contributed by atoms with Crippen LogP contribution >= 0.6 is 25.1 Å². The number of thiol groups is 2. The second kappa shape index (κ2) is 12.9. The van der Waals surface area contributed by atoms with Gasteiger partial charge in [-0.2, -0.15) is 25.1 Å². The smallest absolute Gasteiger partial charge is 0.102 e. The lowest BCUT2D eigenvalue weighted by atomic mass is 9.85. The lowest BCUT2D eigenvalue weighted by molar-refractivity contribution is -0.942. The van der Waals surface area contributed by atoms with Crippen LogP contribution in [0.15, 0.2) is 0 Å². The van der Waals surface area contributed by atoms with Gasteiger partial charge in [0.25, 0.3) is 0 Å². The molecule has 0 amide bonds. The van der Waals surface area contributed by atoms with Crippen LogP contribution in [0.5, 0.6) is 0 Å². The summed E-state index contributed by atoms with van der Waals surface area (Å²) in [4.78, 5) is 0. The van der Waals surface area contributed by atoms with Crippen molar-refractivity contribution in [3.05, 3.63) is 0 Å². The molecular weight excluding hydrogens is 444 g/mol. The Morgan fingerprint density at radius 3 is 1.91 bits per heavy atom. The van der Waals surface area contributed by atoms with Crippen LogP contribution in [0, 0.1) is 5.92 Å². The van der Waals surface area contributed by atoms with Crippen molar-refractivity contribution in [2.45, 2.75) is 32.1 Å². The topological polar surface area (TPSA) is 0 Å². The highest BCUT2D eigenvalue weighted by Crippen LogP contribution is 2.33. The molecule has 0 aromatic heterocycles. The number of piperidine rings is 3. The number of fused-ring (bicyclic) bond motifs is 3. The van der Waals surface area contributed by atoms with E-state index < -0.39 is 0 Å². The number of nitrogens with zero attached hydrogens (tertiary/aromatic N) is 2. The zero-order chi connectivity index (χ0) is 16.5. The van der Waals surface area contributed by atoms with Crippen LogP contribution in [-0.2, 0) is 0 Å². The van der Waals surface area contributed by atoms with E-state index >= 15 is 0 Å². The van der Waals surface area contributed by atoms with Gasteiger partial charge in [0.2, 0.25) is 0 Å². The van der Waals surface area contributed by atoms with Crippen molar-refractivity contribution in [3.8, 4) is 0 Å². The van der Waals surface area contributed by atoms with Crippen LogP contribution in [0.1, 0.15) is 32.1 Å². The largest absolute Gasteiger partial charge is 1.00 e. The minimum atomic E-state index is 0. The fourth-order valence-corrected chi connectivity index (χ4v) is 3.67. The quantitative estimate of drug-likeness (QED) is 0.204. The molecule has 3 saturated heterocycles. The Balaban J connectivity index is 0. The van der Waals surface area contributed by atoms with E-state index in [1.165, 1.54) is 88.0 Å². The molecule has 3 aliphatic heterocycles. The van der Waals surface area contributed by atoms with E-state index in [1.807, 2.05) is 0 Å². The highest BCUT2D eigenvalue weighted by molar-refractivity contribution is 7.80. The van der Waals surface area contributed by atoms with Crippen molar-refractivity contribution in [1.29, 1.82) is 2.25 Å². The van der Waals surface area contributed by atoms with Gasteiger partial charge in [0.15, 0.2) is 0 Å². The van der Waals surface area contributed by atoms with Crippen LogP contribution in [0.4, 0.5) is 0 Å². The normalized spacial score (nSPS) is 27.5. The third-order valence-electron chi connectivity index (χ3n) is 4.79. The van der Waals surface area contributed by atoms with E-state index in [4.69, 9.17) is 2.25 Å². The Labute approximate surface area is 173 Å². The zero-order valence-corrected chi connectivity index (χ0v) is 19.3. The van der Waals surface area contributed by atoms with E-state index in [2.05, 4.69) is 21.1 Å². The van der Waals surface area contributed by atoms with Crippen molar-refractivity contribution in [1.82, 2.24) is 0 Å². The van der Waals surface area contributed by atoms with Gasteiger partial charge in [0.05, 0.1) is 53.9 Å². The first kappa shape index (κ1) is 21.6. The molecule has 22 heavy (non-hydrogen) atoms. The Kier molecular flexibility index (Phi) is 12.7. The summed E-state index contributed by atoms with van der Waals surface area (Å²) in [5.74, 6) is 3.07. The maximum absolute atomic E-state index is 7.06. The number of hydrogen-bond donors (Lipinski definition) is 2. The average Bonchev–Trinajstić information content (AvgIpc) is 2.49. The fraction of sp³-hybridized carbons (Fsp3) is 1.00. The summed E-state index contributed by atoms with van der Waals surface area (Å²) in [5, 5.41) is 0. The van der Waals surface area contributed by atoms with Crippen LogP contribution in [0.2, 0.25) is 0 Å².